The van der Waals surface area contributed by atoms with Crippen molar-refractivity contribution < 1.29 is 0 Å². The molecule has 2 N–H and O–H groups in total. The molecule has 0 spiro atoms. The maximum Gasteiger partial charge on any atom is 0.0467 e. The second-order valence-corrected chi connectivity index (χ2v) is 3.06. The molecule has 0 saturated heterocycles. The lowest BCUT2D eigenvalue weighted by Gasteiger charge is -2.06. The van der Waals surface area contributed by atoms with E-state index in [1.54, 1.807) is 0 Å². The molecule has 0 saturated carbocycles. The van der Waals surface area contributed by atoms with Gasteiger partial charge in [0.05, 0.1) is 0 Å². The van der Waals surface area contributed by atoms with Gasteiger partial charge in [0.25, 0.3) is 0 Å². The summed E-state index contributed by atoms with van der Waals surface area (Å²) < 4.78 is 0. The summed E-state index contributed by atoms with van der Waals surface area (Å²) in [4.78, 5) is 0. The molecule has 0 bridgehead atoms. The van der Waals surface area contributed by atoms with E-state index in [0.29, 0.717) is 6.54 Å². The lowest BCUT2D eigenvalue weighted by Crippen LogP contribution is -1.99. The first-order chi connectivity index (χ1) is 5.16. The van der Waals surface area contributed by atoms with Crippen LogP contribution < -0.4 is 5.73 Å². The molecule has 0 aliphatic heterocycles. The highest BCUT2D eigenvalue weighted by molar-refractivity contribution is 6.32. The first-order valence-corrected chi connectivity index (χ1v) is 3.99. The molecule has 1 rings (SSSR count). The molecular weight excluding hydrogens is 158 g/mol. The lowest BCUT2D eigenvalue weighted by molar-refractivity contribution is 1.05. The Hall–Kier alpha value is -0.530. The second kappa shape index (κ2) is 3.24. The van der Waals surface area contributed by atoms with Gasteiger partial charge in [-0.1, -0.05) is 23.7 Å². The quantitative estimate of drug-likeness (QED) is 0.687. The molecule has 1 nitrogen and oxygen atoms in total. The first-order valence-electron chi connectivity index (χ1n) is 3.61. The van der Waals surface area contributed by atoms with E-state index in [2.05, 4.69) is 0 Å². The lowest BCUT2D eigenvalue weighted by atomic mass is 10.1. The summed E-state index contributed by atoms with van der Waals surface area (Å²) >= 11 is 6.01. The third kappa shape index (κ3) is 1.55. The zero-order valence-corrected chi connectivity index (χ0v) is 7.57. The summed E-state index contributed by atoms with van der Waals surface area (Å²) in [5.41, 5.74) is 8.85. The van der Waals surface area contributed by atoms with Gasteiger partial charge in [-0.05, 0) is 30.5 Å². The van der Waals surface area contributed by atoms with Gasteiger partial charge in [0.2, 0.25) is 0 Å². The fourth-order valence-corrected chi connectivity index (χ4v) is 1.27. The maximum absolute atomic E-state index is 6.01. The number of hydrogen-bond donors (Lipinski definition) is 1. The molecule has 1 aromatic carbocycles. The van der Waals surface area contributed by atoms with E-state index in [0.717, 1.165) is 21.7 Å². The van der Waals surface area contributed by atoms with E-state index in [9.17, 15) is 0 Å². The van der Waals surface area contributed by atoms with Gasteiger partial charge in [-0.15, -0.1) is 0 Å². The number of benzene rings is 1. The maximum atomic E-state index is 6.01. The molecule has 0 atom stereocenters. The third-order valence-corrected chi connectivity index (χ3v) is 2.49. The molecule has 60 valence electrons. The van der Waals surface area contributed by atoms with Crippen molar-refractivity contribution in [1.82, 2.24) is 0 Å². The average molecular weight is 170 g/mol. The first kappa shape index (κ1) is 8.57. The highest BCUT2D eigenvalue weighted by Crippen LogP contribution is 2.22. The predicted molar refractivity (Wildman–Crippen MR) is 48.8 cm³/mol. The largest absolute Gasteiger partial charge is 0.326 e. The van der Waals surface area contributed by atoms with Crippen molar-refractivity contribution in [3.63, 3.8) is 0 Å². The van der Waals surface area contributed by atoms with Crippen LogP contribution in [-0.2, 0) is 6.54 Å². The third-order valence-electron chi connectivity index (χ3n) is 1.91. The Morgan fingerprint density at radius 1 is 1.36 bits per heavy atom. The van der Waals surface area contributed by atoms with Crippen molar-refractivity contribution >= 4 is 11.6 Å². The van der Waals surface area contributed by atoms with Gasteiger partial charge >= 0.3 is 0 Å². The van der Waals surface area contributed by atoms with Crippen molar-refractivity contribution in [3.8, 4) is 0 Å². The summed E-state index contributed by atoms with van der Waals surface area (Å²) in [5.74, 6) is 0. The monoisotopic (exact) mass is 169 g/mol. The minimum atomic E-state index is 0.561. The minimum absolute atomic E-state index is 0.561. The number of nitrogens with two attached hydrogens (primary N) is 1. The minimum Gasteiger partial charge on any atom is -0.326 e. The summed E-state index contributed by atoms with van der Waals surface area (Å²) in [5, 5.41) is 0.841. The van der Waals surface area contributed by atoms with Crippen LogP contribution in [0.5, 0.6) is 0 Å². The number of halogens is 1. The van der Waals surface area contributed by atoms with Crippen LogP contribution in [0.15, 0.2) is 12.1 Å². The van der Waals surface area contributed by atoms with Crippen LogP contribution in [0.4, 0.5) is 0 Å². The molecule has 0 amide bonds. The van der Waals surface area contributed by atoms with E-state index in [4.69, 9.17) is 17.3 Å². The van der Waals surface area contributed by atoms with Crippen LogP contribution in [0, 0.1) is 13.8 Å². The van der Waals surface area contributed by atoms with Crippen molar-refractivity contribution in [2.75, 3.05) is 0 Å². The van der Waals surface area contributed by atoms with E-state index >= 15 is 0 Å². The van der Waals surface area contributed by atoms with E-state index in [-0.39, 0.29) is 0 Å². The Labute approximate surface area is 72.2 Å². The fraction of sp³-hybridized carbons (Fsp3) is 0.333. The molecule has 0 heterocycles. The number of rotatable bonds is 1. The number of hydrogen-bond acceptors (Lipinski definition) is 1. The van der Waals surface area contributed by atoms with Crippen LogP contribution in [0.2, 0.25) is 5.02 Å². The van der Waals surface area contributed by atoms with Gasteiger partial charge in [-0.3, -0.25) is 0 Å². The molecule has 0 radical (unpaired) electrons. The normalized spacial score (nSPS) is 10.2. The van der Waals surface area contributed by atoms with E-state index in [1.807, 2.05) is 26.0 Å². The molecular formula is C9H12ClN. The Morgan fingerprint density at radius 3 is 2.55 bits per heavy atom. The van der Waals surface area contributed by atoms with Crippen molar-refractivity contribution in [1.29, 1.82) is 0 Å². The van der Waals surface area contributed by atoms with E-state index in [1.165, 1.54) is 0 Å². The van der Waals surface area contributed by atoms with Crippen LogP contribution in [-0.4, -0.2) is 0 Å². The van der Waals surface area contributed by atoms with Crippen molar-refractivity contribution in [3.05, 3.63) is 33.8 Å². The highest BCUT2D eigenvalue weighted by atomic mass is 35.5. The fourth-order valence-electron chi connectivity index (χ4n) is 1.08. The molecule has 2 heteroatoms. The molecule has 0 aliphatic rings. The molecule has 0 aliphatic carbocycles. The molecule has 0 fully saturated rings. The Kier molecular flexibility index (Phi) is 2.53. The topological polar surface area (TPSA) is 26.0 Å². The van der Waals surface area contributed by atoms with Crippen molar-refractivity contribution in [2.45, 2.75) is 20.4 Å². The smallest absolute Gasteiger partial charge is 0.0467 e. The molecule has 0 unspecified atom stereocenters. The van der Waals surface area contributed by atoms with Gasteiger partial charge < -0.3 is 5.73 Å². The Balaban J connectivity index is 3.25. The number of aryl methyl sites for hydroxylation is 1. The van der Waals surface area contributed by atoms with Crippen LogP contribution in [0.25, 0.3) is 0 Å². The van der Waals surface area contributed by atoms with E-state index < -0.39 is 0 Å². The van der Waals surface area contributed by atoms with Crippen molar-refractivity contribution in [2.24, 2.45) is 5.73 Å². The Morgan fingerprint density at radius 2 is 2.00 bits per heavy atom. The second-order valence-electron chi connectivity index (χ2n) is 2.68. The SMILES string of the molecule is Cc1ccc(CN)c(C)c1Cl. The van der Waals surface area contributed by atoms with Gasteiger partial charge in [0, 0.05) is 11.6 Å². The molecule has 1 aromatic rings. The van der Waals surface area contributed by atoms with Gasteiger partial charge in [0.1, 0.15) is 0 Å². The summed E-state index contributed by atoms with van der Waals surface area (Å²) in [7, 11) is 0. The standard InChI is InChI=1S/C9H12ClN/c1-6-3-4-8(5-11)7(2)9(6)10/h3-4H,5,11H2,1-2H3. The van der Waals surface area contributed by atoms with Gasteiger partial charge in [0.15, 0.2) is 0 Å². The molecule has 11 heavy (non-hydrogen) atoms. The predicted octanol–water partition coefficient (Wildman–Crippen LogP) is 2.42. The van der Waals surface area contributed by atoms with Gasteiger partial charge in [-0.2, -0.15) is 0 Å². The van der Waals surface area contributed by atoms with Crippen LogP contribution in [0.3, 0.4) is 0 Å². The highest BCUT2D eigenvalue weighted by Gasteiger charge is 2.02. The summed E-state index contributed by atoms with van der Waals surface area (Å²) in [6.45, 7) is 4.55. The van der Waals surface area contributed by atoms with Gasteiger partial charge in [-0.25, -0.2) is 0 Å². The molecule has 0 aromatic heterocycles. The zero-order chi connectivity index (χ0) is 8.43. The summed E-state index contributed by atoms with van der Waals surface area (Å²) in [6.07, 6.45) is 0. The summed E-state index contributed by atoms with van der Waals surface area (Å²) in [6, 6.07) is 4.02. The Bertz CT molecular complexity index is 269. The average Bonchev–Trinajstić information content (AvgIpc) is 2.01. The van der Waals surface area contributed by atoms with Crippen LogP contribution in [0.1, 0.15) is 16.7 Å². The van der Waals surface area contributed by atoms with Crippen LogP contribution >= 0.6 is 11.6 Å². The zero-order valence-electron chi connectivity index (χ0n) is 6.82.